The highest BCUT2D eigenvalue weighted by Crippen LogP contribution is 2.15. The number of carbonyl (C=O) groups excluding carboxylic acids is 1. The molecule has 0 saturated heterocycles. The van der Waals surface area contributed by atoms with Crippen LogP contribution in [0.5, 0.6) is 0 Å². The van der Waals surface area contributed by atoms with E-state index >= 15 is 0 Å². The quantitative estimate of drug-likeness (QED) is 0.397. The summed E-state index contributed by atoms with van der Waals surface area (Å²) in [4.78, 5) is 16.2. The van der Waals surface area contributed by atoms with Gasteiger partial charge in [0, 0.05) is 11.4 Å². The number of nitrogens with two attached hydrogens (primary N) is 1. The molecule has 0 radical (unpaired) electrons. The van der Waals surface area contributed by atoms with Gasteiger partial charge in [-0.3, -0.25) is 0 Å². The smallest absolute Gasteiger partial charge is 0.340 e. The second kappa shape index (κ2) is 5.87. The number of oxime groups is 1. The summed E-state index contributed by atoms with van der Waals surface area (Å²) < 4.78 is 0. The van der Waals surface area contributed by atoms with E-state index < -0.39 is 11.4 Å². The second-order valence-electron chi connectivity index (χ2n) is 5.01. The molecule has 1 aromatic rings. The maximum absolute atomic E-state index is 11.5. The first kappa shape index (κ1) is 14.5. The van der Waals surface area contributed by atoms with E-state index in [4.69, 9.17) is 22.2 Å². The van der Waals surface area contributed by atoms with Gasteiger partial charge in [0.15, 0.2) is 0 Å². The van der Waals surface area contributed by atoms with Gasteiger partial charge in [0.2, 0.25) is 0 Å². The number of rotatable bonds is 3. The van der Waals surface area contributed by atoms with E-state index in [9.17, 15) is 4.79 Å². The van der Waals surface area contributed by atoms with Gasteiger partial charge in [-0.1, -0.05) is 28.9 Å². The van der Waals surface area contributed by atoms with E-state index in [-0.39, 0.29) is 5.84 Å². The molecule has 0 aliphatic rings. The van der Waals surface area contributed by atoms with Crippen LogP contribution in [-0.2, 0) is 16.1 Å². The highest BCUT2D eigenvalue weighted by molar-refractivity contribution is 6.30. The third-order valence-electron chi connectivity index (χ3n) is 2.16. The van der Waals surface area contributed by atoms with Crippen molar-refractivity contribution in [1.82, 2.24) is 0 Å². The van der Waals surface area contributed by atoms with E-state index in [1.165, 1.54) is 0 Å². The molecule has 1 rings (SSSR count). The third kappa shape index (κ3) is 4.75. The highest BCUT2D eigenvalue weighted by atomic mass is 35.5. The van der Waals surface area contributed by atoms with Gasteiger partial charge < -0.3 is 10.6 Å². The molecule has 0 saturated carbocycles. The normalized spacial score (nSPS) is 12.3. The number of carbonyl (C=O) groups is 1. The van der Waals surface area contributed by atoms with Crippen LogP contribution < -0.4 is 5.73 Å². The van der Waals surface area contributed by atoms with Crippen LogP contribution in [0.3, 0.4) is 0 Å². The Morgan fingerprint density at radius 2 is 1.89 bits per heavy atom. The number of nitrogens with zero attached hydrogens (tertiary/aromatic N) is 1. The minimum atomic E-state index is -0.593. The molecular formula is C13H17ClN2O2. The van der Waals surface area contributed by atoms with Crippen LogP contribution in [0.4, 0.5) is 0 Å². The van der Waals surface area contributed by atoms with Crippen molar-refractivity contribution in [3.05, 3.63) is 34.9 Å². The zero-order valence-corrected chi connectivity index (χ0v) is 11.5. The van der Waals surface area contributed by atoms with Gasteiger partial charge in [0.1, 0.15) is 5.84 Å². The lowest BCUT2D eigenvalue weighted by molar-refractivity contribution is -0.152. The standard InChI is InChI=1S/C13H17ClN2O2/c1-13(2,3)12(17)18-16-11(15)8-9-4-6-10(14)7-5-9/h4-7H,8H2,1-3H3,(H2,15,16). The molecule has 0 atom stereocenters. The first-order chi connectivity index (χ1) is 8.29. The summed E-state index contributed by atoms with van der Waals surface area (Å²) in [5.41, 5.74) is 6.03. The van der Waals surface area contributed by atoms with Gasteiger partial charge in [-0.05, 0) is 38.5 Å². The molecule has 0 fully saturated rings. The summed E-state index contributed by atoms with van der Waals surface area (Å²) >= 11 is 5.77. The van der Waals surface area contributed by atoms with Crippen LogP contribution in [0, 0.1) is 5.41 Å². The number of amidine groups is 1. The van der Waals surface area contributed by atoms with E-state index in [2.05, 4.69) is 5.16 Å². The Bertz CT molecular complexity index is 447. The molecule has 0 amide bonds. The molecule has 0 unspecified atom stereocenters. The largest absolute Gasteiger partial charge is 0.384 e. The highest BCUT2D eigenvalue weighted by Gasteiger charge is 2.23. The molecule has 1 aromatic carbocycles. The van der Waals surface area contributed by atoms with Crippen LogP contribution >= 0.6 is 11.6 Å². The third-order valence-corrected chi connectivity index (χ3v) is 2.41. The van der Waals surface area contributed by atoms with Crippen LogP contribution in [0.2, 0.25) is 5.02 Å². The summed E-state index contributed by atoms with van der Waals surface area (Å²) in [7, 11) is 0. The van der Waals surface area contributed by atoms with Gasteiger partial charge in [0.25, 0.3) is 0 Å². The predicted octanol–water partition coefficient (Wildman–Crippen LogP) is 2.74. The molecule has 0 heterocycles. The lowest BCUT2D eigenvalue weighted by Crippen LogP contribution is -2.23. The van der Waals surface area contributed by atoms with Crippen LogP contribution in [0.1, 0.15) is 26.3 Å². The number of hydrogen-bond donors (Lipinski definition) is 1. The topological polar surface area (TPSA) is 64.7 Å². The zero-order valence-electron chi connectivity index (χ0n) is 10.7. The molecule has 5 heteroatoms. The Morgan fingerprint density at radius 1 is 1.33 bits per heavy atom. The van der Waals surface area contributed by atoms with Crippen molar-refractivity contribution in [3.8, 4) is 0 Å². The van der Waals surface area contributed by atoms with Crippen molar-refractivity contribution < 1.29 is 9.63 Å². The zero-order chi connectivity index (χ0) is 13.8. The van der Waals surface area contributed by atoms with Gasteiger partial charge in [-0.2, -0.15) is 0 Å². The molecule has 0 aliphatic carbocycles. The Labute approximate surface area is 112 Å². The van der Waals surface area contributed by atoms with Crippen molar-refractivity contribution >= 4 is 23.4 Å². The van der Waals surface area contributed by atoms with Crippen molar-refractivity contribution in [2.45, 2.75) is 27.2 Å². The SMILES string of the molecule is CC(C)(C)C(=O)O/N=C(/N)Cc1ccc(Cl)cc1. The fraction of sp³-hybridized carbons (Fsp3) is 0.385. The van der Waals surface area contributed by atoms with Crippen molar-refractivity contribution in [1.29, 1.82) is 0 Å². The Morgan fingerprint density at radius 3 is 2.39 bits per heavy atom. The second-order valence-corrected chi connectivity index (χ2v) is 5.45. The van der Waals surface area contributed by atoms with E-state index in [0.29, 0.717) is 11.4 Å². The molecule has 0 bridgehead atoms. The van der Waals surface area contributed by atoms with Crippen molar-refractivity contribution in [3.63, 3.8) is 0 Å². The van der Waals surface area contributed by atoms with Gasteiger partial charge in [-0.25, -0.2) is 4.79 Å². The predicted molar refractivity (Wildman–Crippen MR) is 72.3 cm³/mol. The summed E-state index contributed by atoms with van der Waals surface area (Å²) in [6, 6.07) is 7.23. The molecule has 18 heavy (non-hydrogen) atoms. The molecular weight excluding hydrogens is 252 g/mol. The lowest BCUT2D eigenvalue weighted by Gasteiger charge is -2.13. The van der Waals surface area contributed by atoms with E-state index in [1.54, 1.807) is 32.9 Å². The number of hydrogen-bond acceptors (Lipinski definition) is 3. The average Bonchev–Trinajstić information content (AvgIpc) is 2.28. The minimum absolute atomic E-state index is 0.245. The summed E-state index contributed by atoms with van der Waals surface area (Å²) in [5.74, 6) is -0.170. The fourth-order valence-electron chi connectivity index (χ4n) is 1.08. The molecule has 98 valence electrons. The van der Waals surface area contributed by atoms with Gasteiger partial charge in [-0.15, -0.1) is 0 Å². The van der Waals surface area contributed by atoms with Crippen molar-refractivity contribution in [2.24, 2.45) is 16.3 Å². The fourth-order valence-corrected chi connectivity index (χ4v) is 1.21. The van der Waals surface area contributed by atoms with E-state index in [1.807, 2.05) is 12.1 Å². The Kier molecular flexibility index (Phi) is 4.73. The Balaban J connectivity index is 2.58. The molecule has 4 nitrogen and oxygen atoms in total. The van der Waals surface area contributed by atoms with Crippen molar-refractivity contribution in [2.75, 3.05) is 0 Å². The summed E-state index contributed by atoms with van der Waals surface area (Å²) in [6.07, 6.45) is 0.411. The molecule has 0 aromatic heterocycles. The van der Waals surface area contributed by atoms with Crippen LogP contribution in [0.25, 0.3) is 0 Å². The first-order valence-electron chi connectivity index (χ1n) is 5.57. The average molecular weight is 269 g/mol. The molecule has 0 spiro atoms. The Hall–Kier alpha value is -1.55. The lowest BCUT2D eigenvalue weighted by atomic mass is 9.98. The van der Waals surface area contributed by atoms with Crippen LogP contribution in [0.15, 0.2) is 29.4 Å². The number of benzene rings is 1. The van der Waals surface area contributed by atoms with Gasteiger partial charge in [0.05, 0.1) is 5.41 Å². The first-order valence-corrected chi connectivity index (χ1v) is 5.95. The minimum Gasteiger partial charge on any atom is -0.384 e. The number of halogens is 1. The summed E-state index contributed by atoms with van der Waals surface area (Å²) in [6.45, 7) is 5.25. The van der Waals surface area contributed by atoms with Crippen LogP contribution in [-0.4, -0.2) is 11.8 Å². The maximum Gasteiger partial charge on any atom is 0.340 e. The monoisotopic (exact) mass is 268 g/mol. The van der Waals surface area contributed by atoms with Gasteiger partial charge >= 0.3 is 5.97 Å². The molecule has 2 N–H and O–H groups in total. The maximum atomic E-state index is 11.5. The molecule has 0 aliphatic heterocycles. The van der Waals surface area contributed by atoms with E-state index in [0.717, 1.165) is 5.56 Å². The summed E-state index contributed by atoms with van der Waals surface area (Å²) in [5, 5.41) is 4.28.